The van der Waals surface area contributed by atoms with Gasteiger partial charge in [0.05, 0.1) is 23.5 Å². The number of aromatic nitrogens is 4. The molecule has 24 heavy (non-hydrogen) atoms. The highest BCUT2D eigenvalue weighted by molar-refractivity contribution is 5.96. The van der Waals surface area contributed by atoms with Crippen molar-refractivity contribution in [1.29, 1.82) is 0 Å². The minimum absolute atomic E-state index is 0.0446. The zero-order valence-electron chi connectivity index (χ0n) is 14.0. The van der Waals surface area contributed by atoms with E-state index >= 15 is 0 Å². The summed E-state index contributed by atoms with van der Waals surface area (Å²) < 4.78 is 19.8. The number of nitrogens with zero attached hydrogens (tertiary/aromatic N) is 4. The Bertz CT molecular complexity index is 741. The monoisotopic (exact) mass is 333 g/mol. The second-order valence-corrected chi connectivity index (χ2v) is 5.88. The van der Waals surface area contributed by atoms with Gasteiger partial charge in [-0.05, 0) is 20.3 Å². The van der Waals surface area contributed by atoms with Crippen molar-refractivity contribution in [3.05, 3.63) is 34.8 Å². The number of aromatic amines is 1. The standard InChI is InChI=1S/C16H20FN5O2/c1-4-12-14(17)15(19-8-18-12)24-11-5-6-22(7-11)16(23)13-9(2)20-21-10(13)3/h8,11H,4-7H2,1-3H3,(H,20,21). The third kappa shape index (κ3) is 2.95. The molecule has 1 saturated heterocycles. The van der Waals surface area contributed by atoms with Crippen LogP contribution in [0.15, 0.2) is 6.33 Å². The lowest BCUT2D eigenvalue weighted by atomic mass is 10.2. The van der Waals surface area contributed by atoms with Gasteiger partial charge in [0.25, 0.3) is 11.8 Å². The van der Waals surface area contributed by atoms with Crippen LogP contribution in [0.5, 0.6) is 5.88 Å². The molecule has 7 nitrogen and oxygen atoms in total. The molecule has 2 aromatic heterocycles. The van der Waals surface area contributed by atoms with Crippen LogP contribution >= 0.6 is 0 Å². The van der Waals surface area contributed by atoms with E-state index in [0.29, 0.717) is 42.9 Å². The number of halogens is 1. The van der Waals surface area contributed by atoms with Crippen LogP contribution in [-0.4, -0.2) is 50.2 Å². The van der Waals surface area contributed by atoms with E-state index in [9.17, 15) is 9.18 Å². The van der Waals surface area contributed by atoms with Crippen LogP contribution in [0, 0.1) is 19.7 Å². The van der Waals surface area contributed by atoms with Crippen molar-refractivity contribution in [3.63, 3.8) is 0 Å². The summed E-state index contributed by atoms with van der Waals surface area (Å²) in [4.78, 5) is 22.1. The molecule has 3 rings (SSSR count). The summed E-state index contributed by atoms with van der Waals surface area (Å²) in [6, 6.07) is 0. The number of rotatable bonds is 4. The van der Waals surface area contributed by atoms with Gasteiger partial charge in [-0.1, -0.05) is 6.92 Å². The maximum atomic E-state index is 14.2. The Morgan fingerprint density at radius 1 is 1.46 bits per heavy atom. The van der Waals surface area contributed by atoms with Crippen molar-refractivity contribution in [2.45, 2.75) is 39.7 Å². The average molecular weight is 333 g/mol. The number of amides is 1. The van der Waals surface area contributed by atoms with E-state index in [-0.39, 0.29) is 17.9 Å². The Hall–Kier alpha value is -2.51. The van der Waals surface area contributed by atoms with E-state index in [0.717, 1.165) is 5.69 Å². The van der Waals surface area contributed by atoms with Crippen molar-refractivity contribution in [1.82, 2.24) is 25.1 Å². The third-order valence-electron chi connectivity index (χ3n) is 4.22. The van der Waals surface area contributed by atoms with E-state index in [1.165, 1.54) is 6.33 Å². The number of carbonyl (C=O) groups is 1. The summed E-state index contributed by atoms with van der Waals surface area (Å²) in [6.45, 7) is 6.39. The summed E-state index contributed by atoms with van der Waals surface area (Å²) in [5, 5.41) is 6.87. The van der Waals surface area contributed by atoms with Crippen LogP contribution in [0.1, 0.15) is 40.8 Å². The fourth-order valence-electron chi connectivity index (χ4n) is 2.91. The molecule has 1 N–H and O–H groups in total. The molecule has 1 aliphatic rings. The van der Waals surface area contributed by atoms with Gasteiger partial charge in [0.1, 0.15) is 12.4 Å². The predicted octanol–water partition coefficient (Wildman–Crippen LogP) is 1.81. The molecule has 2 aromatic rings. The van der Waals surface area contributed by atoms with Crippen molar-refractivity contribution in [2.24, 2.45) is 0 Å². The maximum Gasteiger partial charge on any atom is 0.257 e. The Morgan fingerprint density at radius 3 is 2.92 bits per heavy atom. The highest BCUT2D eigenvalue weighted by Gasteiger charge is 2.31. The van der Waals surface area contributed by atoms with Gasteiger partial charge in [-0.15, -0.1) is 0 Å². The Balaban J connectivity index is 1.69. The molecule has 1 fully saturated rings. The lowest BCUT2D eigenvalue weighted by Gasteiger charge is -2.17. The normalized spacial score (nSPS) is 17.3. The highest BCUT2D eigenvalue weighted by atomic mass is 19.1. The summed E-state index contributed by atoms with van der Waals surface area (Å²) in [6.07, 6.45) is 2.12. The molecule has 0 radical (unpaired) electrons. The molecule has 1 atom stereocenters. The molecule has 0 aromatic carbocycles. The number of hydrogen-bond donors (Lipinski definition) is 1. The first-order valence-corrected chi connectivity index (χ1v) is 7.98. The van der Waals surface area contributed by atoms with Crippen LogP contribution in [0.2, 0.25) is 0 Å². The van der Waals surface area contributed by atoms with Crippen LogP contribution in [0.4, 0.5) is 4.39 Å². The first-order chi connectivity index (χ1) is 11.5. The number of H-pyrrole nitrogens is 1. The number of carbonyl (C=O) groups excluding carboxylic acids is 1. The number of hydrogen-bond acceptors (Lipinski definition) is 5. The summed E-state index contributed by atoms with van der Waals surface area (Å²) in [5.41, 5.74) is 2.35. The molecule has 0 spiro atoms. The Kier molecular flexibility index (Phi) is 4.46. The van der Waals surface area contributed by atoms with Gasteiger partial charge < -0.3 is 9.64 Å². The molecule has 128 valence electrons. The van der Waals surface area contributed by atoms with Gasteiger partial charge in [0.15, 0.2) is 0 Å². The quantitative estimate of drug-likeness (QED) is 0.922. The minimum atomic E-state index is -0.522. The van der Waals surface area contributed by atoms with E-state index in [1.54, 1.807) is 11.8 Å². The van der Waals surface area contributed by atoms with Crippen LogP contribution < -0.4 is 4.74 Å². The molecule has 0 bridgehead atoms. The smallest absolute Gasteiger partial charge is 0.257 e. The summed E-state index contributed by atoms with van der Waals surface area (Å²) in [5.74, 6) is -0.648. The van der Waals surface area contributed by atoms with Crippen molar-refractivity contribution in [2.75, 3.05) is 13.1 Å². The van der Waals surface area contributed by atoms with Gasteiger partial charge in [0, 0.05) is 18.7 Å². The van der Waals surface area contributed by atoms with Crippen LogP contribution in [0.3, 0.4) is 0 Å². The third-order valence-corrected chi connectivity index (χ3v) is 4.22. The first kappa shape index (κ1) is 16.4. The molecule has 8 heteroatoms. The molecule has 1 unspecified atom stereocenters. The maximum absolute atomic E-state index is 14.2. The average Bonchev–Trinajstić information content (AvgIpc) is 3.16. The fraction of sp³-hybridized carbons (Fsp3) is 0.500. The van der Waals surface area contributed by atoms with Gasteiger partial charge in [-0.25, -0.2) is 4.98 Å². The van der Waals surface area contributed by atoms with E-state index in [1.807, 2.05) is 13.8 Å². The molecule has 1 aliphatic heterocycles. The number of ether oxygens (including phenoxy) is 1. The van der Waals surface area contributed by atoms with E-state index in [2.05, 4.69) is 20.2 Å². The lowest BCUT2D eigenvalue weighted by molar-refractivity contribution is 0.0768. The van der Waals surface area contributed by atoms with Crippen molar-refractivity contribution in [3.8, 4) is 5.88 Å². The Morgan fingerprint density at radius 2 is 2.25 bits per heavy atom. The second-order valence-electron chi connectivity index (χ2n) is 5.88. The van der Waals surface area contributed by atoms with Crippen molar-refractivity contribution >= 4 is 5.91 Å². The van der Waals surface area contributed by atoms with Crippen LogP contribution in [0.25, 0.3) is 0 Å². The minimum Gasteiger partial charge on any atom is -0.470 e. The largest absolute Gasteiger partial charge is 0.470 e. The Labute approximate surface area is 139 Å². The van der Waals surface area contributed by atoms with Gasteiger partial charge >= 0.3 is 0 Å². The van der Waals surface area contributed by atoms with Crippen LogP contribution in [-0.2, 0) is 6.42 Å². The molecule has 0 saturated carbocycles. The molecular weight excluding hydrogens is 313 g/mol. The van der Waals surface area contributed by atoms with E-state index in [4.69, 9.17) is 4.74 Å². The van der Waals surface area contributed by atoms with E-state index < -0.39 is 5.82 Å². The molecule has 1 amide bonds. The number of nitrogens with one attached hydrogen (secondary N) is 1. The zero-order chi connectivity index (χ0) is 17.3. The zero-order valence-corrected chi connectivity index (χ0v) is 14.0. The molecule has 0 aliphatic carbocycles. The second kappa shape index (κ2) is 6.54. The summed E-state index contributed by atoms with van der Waals surface area (Å²) in [7, 11) is 0. The topological polar surface area (TPSA) is 84.0 Å². The predicted molar refractivity (Wildman–Crippen MR) is 84.4 cm³/mol. The molecule has 3 heterocycles. The van der Waals surface area contributed by atoms with Gasteiger partial charge in [-0.3, -0.25) is 9.89 Å². The van der Waals surface area contributed by atoms with Gasteiger partial charge in [0.2, 0.25) is 5.82 Å². The fourth-order valence-corrected chi connectivity index (χ4v) is 2.91. The van der Waals surface area contributed by atoms with Gasteiger partial charge in [-0.2, -0.15) is 14.5 Å². The highest BCUT2D eigenvalue weighted by Crippen LogP contribution is 2.23. The number of aryl methyl sites for hydroxylation is 3. The SMILES string of the molecule is CCc1ncnc(OC2CCN(C(=O)c3c(C)n[nH]c3C)C2)c1F. The molecular formula is C16H20FN5O2. The van der Waals surface area contributed by atoms with Crippen molar-refractivity contribution < 1.29 is 13.9 Å². The number of likely N-dealkylation sites (tertiary alicyclic amines) is 1. The lowest BCUT2D eigenvalue weighted by Crippen LogP contribution is -2.31. The first-order valence-electron chi connectivity index (χ1n) is 7.98. The summed E-state index contributed by atoms with van der Waals surface area (Å²) >= 11 is 0.